The standard InChI is InChI=1S/C18H21N3O4S2/c1-18(2,3)16(25)20-14-11(6-4-8-19-14)10-12-15(24)21(17(26)27-12)9-5-7-13(22)23/h4,6,8,10H,5,7,9H2,1-3H3,(H,22,23)(H,19,20,25). The number of thioether (sulfide) groups is 1. The molecule has 0 atom stereocenters. The van der Waals surface area contributed by atoms with Crippen molar-refractivity contribution in [3.63, 3.8) is 0 Å². The van der Waals surface area contributed by atoms with Crippen molar-refractivity contribution in [3.8, 4) is 0 Å². The number of carboxylic acids is 1. The van der Waals surface area contributed by atoms with Gasteiger partial charge in [0.05, 0.1) is 4.91 Å². The van der Waals surface area contributed by atoms with E-state index in [1.165, 1.54) is 4.90 Å². The fraction of sp³-hybridized carbons (Fsp3) is 0.389. The summed E-state index contributed by atoms with van der Waals surface area (Å²) >= 11 is 6.39. The maximum Gasteiger partial charge on any atom is 0.303 e. The van der Waals surface area contributed by atoms with Crippen LogP contribution < -0.4 is 5.32 Å². The lowest BCUT2D eigenvalue weighted by Gasteiger charge is -2.18. The van der Waals surface area contributed by atoms with Gasteiger partial charge in [-0.15, -0.1) is 0 Å². The fourth-order valence-electron chi connectivity index (χ4n) is 2.16. The molecule has 144 valence electrons. The van der Waals surface area contributed by atoms with Gasteiger partial charge in [-0.25, -0.2) is 4.98 Å². The van der Waals surface area contributed by atoms with E-state index in [1.807, 2.05) is 0 Å². The topological polar surface area (TPSA) is 99.6 Å². The van der Waals surface area contributed by atoms with Crippen LogP contribution in [-0.4, -0.2) is 43.6 Å². The van der Waals surface area contributed by atoms with Gasteiger partial charge in [0.2, 0.25) is 5.91 Å². The third-order valence-corrected chi connectivity index (χ3v) is 5.06. The minimum absolute atomic E-state index is 0.0261. The van der Waals surface area contributed by atoms with E-state index in [4.69, 9.17) is 17.3 Å². The van der Waals surface area contributed by atoms with Gasteiger partial charge in [0.25, 0.3) is 5.91 Å². The first-order valence-electron chi connectivity index (χ1n) is 8.33. The van der Waals surface area contributed by atoms with Crippen LogP contribution in [0.1, 0.15) is 39.2 Å². The van der Waals surface area contributed by atoms with Gasteiger partial charge in [-0.2, -0.15) is 0 Å². The van der Waals surface area contributed by atoms with Crippen molar-refractivity contribution in [2.75, 3.05) is 11.9 Å². The Morgan fingerprint density at radius 1 is 1.41 bits per heavy atom. The van der Waals surface area contributed by atoms with Gasteiger partial charge >= 0.3 is 5.97 Å². The Labute approximate surface area is 167 Å². The molecule has 0 aliphatic carbocycles. The Morgan fingerprint density at radius 3 is 2.74 bits per heavy atom. The van der Waals surface area contributed by atoms with Gasteiger partial charge in [-0.3, -0.25) is 19.3 Å². The number of hydrogen-bond donors (Lipinski definition) is 2. The molecule has 9 heteroatoms. The lowest BCUT2D eigenvalue weighted by atomic mass is 9.95. The highest BCUT2D eigenvalue weighted by molar-refractivity contribution is 8.26. The average molecular weight is 408 g/mol. The lowest BCUT2D eigenvalue weighted by Crippen LogP contribution is -2.29. The molecule has 0 aromatic carbocycles. The van der Waals surface area contributed by atoms with E-state index in [0.717, 1.165) is 11.8 Å². The van der Waals surface area contributed by atoms with Gasteiger partial charge in [-0.05, 0) is 24.6 Å². The summed E-state index contributed by atoms with van der Waals surface area (Å²) in [4.78, 5) is 41.5. The normalized spacial score (nSPS) is 16.1. The quantitative estimate of drug-likeness (QED) is 0.552. The number of nitrogens with one attached hydrogen (secondary N) is 1. The van der Waals surface area contributed by atoms with Crippen LogP contribution in [0.4, 0.5) is 5.82 Å². The number of aromatic nitrogens is 1. The molecule has 0 unspecified atom stereocenters. The molecule has 1 saturated heterocycles. The monoisotopic (exact) mass is 407 g/mol. The maximum absolute atomic E-state index is 12.6. The third kappa shape index (κ3) is 5.61. The number of rotatable bonds is 6. The Bertz CT molecular complexity index is 815. The van der Waals surface area contributed by atoms with Gasteiger partial charge < -0.3 is 10.4 Å². The van der Waals surface area contributed by atoms with Gasteiger partial charge in [0, 0.05) is 30.1 Å². The van der Waals surface area contributed by atoms with E-state index < -0.39 is 11.4 Å². The molecule has 2 heterocycles. The van der Waals surface area contributed by atoms with Gasteiger partial charge in [0.1, 0.15) is 10.1 Å². The SMILES string of the molecule is CC(C)(C)C(=O)Nc1ncccc1C=C1SC(=S)N(CCCC(=O)O)C1=O. The second-order valence-corrected chi connectivity index (χ2v) is 8.65. The molecule has 27 heavy (non-hydrogen) atoms. The summed E-state index contributed by atoms with van der Waals surface area (Å²) in [5.74, 6) is -0.997. The molecule has 0 radical (unpaired) electrons. The zero-order valence-corrected chi connectivity index (χ0v) is 16.9. The zero-order chi connectivity index (χ0) is 20.2. The molecule has 7 nitrogen and oxygen atoms in total. The number of thiocarbonyl (C=S) groups is 1. The van der Waals surface area contributed by atoms with Crippen molar-refractivity contribution in [2.24, 2.45) is 5.41 Å². The predicted octanol–water partition coefficient (Wildman–Crippen LogP) is 3.13. The molecule has 0 spiro atoms. The van der Waals surface area contributed by atoms with Crippen LogP contribution in [0.25, 0.3) is 6.08 Å². The Kier molecular flexibility index (Phi) is 6.72. The van der Waals surface area contributed by atoms with Gasteiger partial charge in [0.15, 0.2) is 0 Å². The first kappa shape index (κ1) is 21.0. The number of carbonyl (C=O) groups is 3. The molecule has 2 amide bonds. The Balaban J connectivity index is 2.19. The summed E-state index contributed by atoms with van der Waals surface area (Å²) in [6.45, 7) is 5.66. The first-order chi connectivity index (χ1) is 12.6. The smallest absolute Gasteiger partial charge is 0.303 e. The minimum atomic E-state index is -0.912. The van der Waals surface area contributed by atoms with Crippen molar-refractivity contribution < 1.29 is 19.5 Å². The Hall–Kier alpha value is -2.26. The number of nitrogens with zero attached hydrogens (tertiary/aromatic N) is 2. The first-order valence-corrected chi connectivity index (χ1v) is 9.55. The van der Waals surface area contributed by atoms with E-state index in [1.54, 1.807) is 45.2 Å². The maximum atomic E-state index is 12.6. The minimum Gasteiger partial charge on any atom is -0.481 e. The van der Waals surface area contributed by atoms with Crippen molar-refractivity contribution in [3.05, 3.63) is 28.8 Å². The second-order valence-electron chi connectivity index (χ2n) is 6.98. The van der Waals surface area contributed by atoms with Crippen LogP contribution in [-0.2, 0) is 14.4 Å². The van der Waals surface area contributed by atoms with Crippen LogP contribution in [0.3, 0.4) is 0 Å². The third-order valence-electron chi connectivity index (χ3n) is 3.68. The molecule has 1 fully saturated rings. The van der Waals surface area contributed by atoms with E-state index in [-0.39, 0.29) is 24.8 Å². The summed E-state index contributed by atoms with van der Waals surface area (Å²) in [6.07, 6.45) is 3.50. The Morgan fingerprint density at radius 2 is 2.11 bits per heavy atom. The number of hydrogen-bond acceptors (Lipinski definition) is 6. The molecular formula is C18H21N3O4S2. The van der Waals surface area contributed by atoms with Crippen molar-refractivity contribution in [1.82, 2.24) is 9.88 Å². The van der Waals surface area contributed by atoms with Crippen LogP contribution in [0.5, 0.6) is 0 Å². The number of amides is 2. The molecule has 0 saturated carbocycles. The molecule has 1 aromatic rings. The van der Waals surface area contributed by atoms with E-state index in [9.17, 15) is 14.4 Å². The molecule has 1 aromatic heterocycles. The summed E-state index contributed by atoms with van der Waals surface area (Å²) in [6, 6.07) is 3.47. The molecule has 1 aliphatic rings. The number of anilines is 1. The highest BCUT2D eigenvalue weighted by atomic mass is 32.2. The largest absolute Gasteiger partial charge is 0.481 e. The average Bonchev–Trinajstić information content (AvgIpc) is 2.83. The highest BCUT2D eigenvalue weighted by Gasteiger charge is 2.32. The number of aliphatic carboxylic acids is 1. The number of carbonyl (C=O) groups excluding carboxylic acids is 2. The molecule has 2 N–H and O–H groups in total. The second kappa shape index (κ2) is 8.62. The van der Waals surface area contributed by atoms with Crippen LogP contribution in [0, 0.1) is 5.41 Å². The van der Waals surface area contributed by atoms with E-state index in [0.29, 0.717) is 27.0 Å². The van der Waals surface area contributed by atoms with Gasteiger partial charge in [-0.1, -0.05) is 44.8 Å². The highest BCUT2D eigenvalue weighted by Crippen LogP contribution is 2.33. The van der Waals surface area contributed by atoms with E-state index in [2.05, 4.69) is 10.3 Å². The van der Waals surface area contributed by atoms with Crippen LogP contribution in [0.15, 0.2) is 23.2 Å². The fourth-order valence-corrected chi connectivity index (χ4v) is 3.46. The molecular weight excluding hydrogens is 386 g/mol. The van der Waals surface area contributed by atoms with Crippen molar-refractivity contribution >= 4 is 58.0 Å². The number of pyridine rings is 1. The summed E-state index contributed by atoms with van der Waals surface area (Å²) in [5.41, 5.74) is 0.0173. The molecule has 0 bridgehead atoms. The molecule has 2 rings (SSSR count). The van der Waals surface area contributed by atoms with Crippen LogP contribution in [0.2, 0.25) is 0 Å². The van der Waals surface area contributed by atoms with Crippen LogP contribution >= 0.6 is 24.0 Å². The van der Waals surface area contributed by atoms with Crippen molar-refractivity contribution in [1.29, 1.82) is 0 Å². The van der Waals surface area contributed by atoms with Crippen molar-refractivity contribution in [2.45, 2.75) is 33.6 Å². The lowest BCUT2D eigenvalue weighted by molar-refractivity contribution is -0.137. The predicted molar refractivity (Wildman–Crippen MR) is 109 cm³/mol. The number of carboxylic acid groups (broad SMARTS) is 1. The summed E-state index contributed by atoms with van der Waals surface area (Å²) < 4.78 is 0.390. The molecule has 1 aliphatic heterocycles. The summed E-state index contributed by atoms with van der Waals surface area (Å²) in [5, 5.41) is 11.5. The summed E-state index contributed by atoms with van der Waals surface area (Å²) in [7, 11) is 0. The van der Waals surface area contributed by atoms with E-state index >= 15 is 0 Å². The zero-order valence-electron chi connectivity index (χ0n) is 15.3.